The van der Waals surface area contributed by atoms with Crippen LogP contribution in [0.3, 0.4) is 0 Å². The van der Waals surface area contributed by atoms with Crippen LogP contribution in [0, 0.1) is 0 Å². The average molecular weight is 358 g/mol. The number of alkyl halides is 3. The Kier molecular flexibility index (Phi) is 5.19. The Balaban J connectivity index is 2.16. The molecule has 0 heterocycles. The largest absolute Gasteiger partial charge is 0.416 e. The van der Waals surface area contributed by atoms with Crippen LogP contribution in [0.25, 0.3) is 0 Å². The molecule has 1 N–H and O–H groups in total. The van der Waals surface area contributed by atoms with E-state index in [9.17, 15) is 21.6 Å². The predicted octanol–water partition coefficient (Wildman–Crippen LogP) is 3.57. The Morgan fingerprint density at radius 3 is 2.33 bits per heavy atom. The van der Waals surface area contributed by atoms with Gasteiger partial charge in [-0.1, -0.05) is 18.2 Å². The molecule has 0 fully saturated rings. The van der Waals surface area contributed by atoms with Crippen molar-refractivity contribution in [3.8, 4) is 0 Å². The molecule has 0 aliphatic heterocycles. The number of nitrogens with zero attached hydrogens (tertiary/aromatic N) is 1. The third-order valence-corrected chi connectivity index (χ3v) is 5.17. The Morgan fingerprint density at radius 1 is 1.04 bits per heavy atom. The van der Waals surface area contributed by atoms with Crippen LogP contribution >= 0.6 is 0 Å². The summed E-state index contributed by atoms with van der Waals surface area (Å²) in [5.74, 6) is 0. The van der Waals surface area contributed by atoms with Crippen molar-refractivity contribution in [1.82, 2.24) is 4.31 Å². The monoisotopic (exact) mass is 358 g/mol. The molecule has 0 saturated heterocycles. The van der Waals surface area contributed by atoms with Gasteiger partial charge in [-0.2, -0.15) is 13.2 Å². The molecule has 130 valence electrons. The lowest BCUT2D eigenvalue weighted by Crippen LogP contribution is -2.22. The predicted molar refractivity (Wildman–Crippen MR) is 86.1 cm³/mol. The topological polar surface area (TPSA) is 49.4 Å². The lowest BCUT2D eigenvalue weighted by molar-refractivity contribution is -0.137. The lowest BCUT2D eigenvalue weighted by atomic mass is 10.2. The molecule has 0 saturated carbocycles. The number of sulfonamides is 1. The Labute approximate surface area is 139 Å². The van der Waals surface area contributed by atoms with Gasteiger partial charge < -0.3 is 5.32 Å². The molecule has 0 amide bonds. The molecule has 2 aromatic carbocycles. The van der Waals surface area contributed by atoms with Crippen molar-refractivity contribution in [2.24, 2.45) is 0 Å². The molecule has 24 heavy (non-hydrogen) atoms. The molecule has 4 nitrogen and oxygen atoms in total. The van der Waals surface area contributed by atoms with Crippen LogP contribution in [0.1, 0.15) is 11.1 Å². The summed E-state index contributed by atoms with van der Waals surface area (Å²) in [5.41, 5.74) is 0.220. The van der Waals surface area contributed by atoms with E-state index in [1.807, 2.05) is 0 Å². The highest BCUT2D eigenvalue weighted by atomic mass is 32.2. The van der Waals surface area contributed by atoms with Crippen LogP contribution < -0.4 is 5.32 Å². The zero-order valence-electron chi connectivity index (χ0n) is 13.1. The first-order chi connectivity index (χ1) is 11.1. The maximum Gasteiger partial charge on any atom is 0.416 e. The highest BCUT2D eigenvalue weighted by Crippen LogP contribution is 2.30. The van der Waals surface area contributed by atoms with Crippen molar-refractivity contribution in [1.29, 1.82) is 0 Å². The van der Waals surface area contributed by atoms with Crippen LogP contribution in [0.15, 0.2) is 53.4 Å². The number of benzene rings is 2. The van der Waals surface area contributed by atoms with Gasteiger partial charge in [0.15, 0.2) is 0 Å². The summed E-state index contributed by atoms with van der Waals surface area (Å²) in [7, 11) is -0.685. The zero-order chi connectivity index (χ0) is 18.0. The molecule has 0 radical (unpaired) electrons. The maximum atomic E-state index is 12.7. The van der Waals surface area contributed by atoms with Crippen molar-refractivity contribution in [2.45, 2.75) is 17.6 Å². The SMILES string of the molecule is CN(C)S(=O)(=O)c1cccc(CNc2cccc(C(F)(F)F)c2)c1. The van der Waals surface area contributed by atoms with Crippen molar-refractivity contribution in [2.75, 3.05) is 19.4 Å². The second kappa shape index (κ2) is 6.82. The van der Waals surface area contributed by atoms with E-state index in [1.54, 1.807) is 12.1 Å². The van der Waals surface area contributed by atoms with Crippen LogP contribution in [-0.4, -0.2) is 26.8 Å². The normalized spacial score (nSPS) is 12.4. The zero-order valence-corrected chi connectivity index (χ0v) is 13.9. The van der Waals surface area contributed by atoms with Crippen molar-refractivity contribution < 1.29 is 21.6 Å². The molecular weight excluding hydrogens is 341 g/mol. The first kappa shape index (κ1) is 18.3. The molecule has 2 rings (SSSR count). The Hall–Kier alpha value is -2.06. The average Bonchev–Trinajstić information content (AvgIpc) is 2.52. The van der Waals surface area contributed by atoms with E-state index in [2.05, 4.69) is 5.32 Å². The fourth-order valence-electron chi connectivity index (χ4n) is 2.04. The van der Waals surface area contributed by atoms with Gasteiger partial charge in [0.05, 0.1) is 10.5 Å². The molecule has 0 aromatic heterocycles. The molecular formula is C16H17F3N2O2S. The summed E-state index contributed by atoms with van der Waals surface area (Å²) >= 11 is 0. The van der Waals surface area contributed by atoms with E-state index in [-0.39, 0.29) is 11.4 Å². The molecule has 8 heteroatoms. The summed E-state index contributed by atoms with van der Waals surface area (Å²) in [5, 5.41) is 2.87. The molecule has 0 aliphatic rings. The van der Waals surface area contributed by atoms with E-state index in [0.717, 1.165) is 16.4 Å². The number of rotatable bonds is 5. The van der Waals surface area contributed by atoms with E-state index in [1.165, 1.54) is 38.4 Å². The molecule has 0 bridgehead atoms. The van der Waals surface area contributed by atoms with Gasteiger partial charge in [-0.3, -0.25) is 0 Å². The van der Waals surface area contributed by atoms with Gasteiger partial charge in [0, 0.05) is 26.3 Å². The highest BCUT2D eigenvalue weighted by Gasteiger charge is 2.30. The maximum absolute atomic E-state index is 12.7. The number of hydrogen-bond acceptors (Lipinski definition) is 3. The van der Waals surface area contributed by atoms with Gasteiger partial charge in [-0.15, -0.1) is 0 Å². The summed E-state index contributed by atoms with van der Waals surface area (Å²) in [4.78, 5) is 0.135. The Bertz CT molecular complexity index is 818. The van der Waals surface area contributed by atoms with Gasteiger partial charge in [0.25, 0.3) is 0 Å². The van der Waals surface area contributed by atoms with Gasteiger partial charge >= 0.3 is 6.18 Å². The molecule has 0 atom stereocenters. The van der Waals surface area contributed by atoms with E-state index in [4.69, 9.17) is 0 Å². The minimum absolute atomic E-state index is 0.135. The van der Waals surface area contributed by atoms with Crippen LogP contribution in [0.4, 0.5) is 18.9 Å². The molecule has 0 spiro atoms. The van der Waals surface area contributed by atoms with E-state index >= 15 is 0 Å². The lowest BCUT2D eigenvalue weighted by Gasteiger charge is -2.13. The number of halogens is 3. The number of anilines is 1. The van der Waals surface area contributed by atoms with Crippen molar-refractivity contribution in [3.63, 3.8) is 0 Å². The third kappa shape index (κ3) is 4.27. The number of hydrogen-bond donors (Lipinski definition) is 1. The summed E-state index contributed by atoms with van der Waals surface area (Å²) < 4.78 is 63.4. The minimum Gasteiger partial charge on any atom is -0.381 e. The highest BCUT2D eigenvalue weighted by molar-refractivity contribution is 7.89. The van der Waals surface area contributed by atoms with Crippen molar-refractivity contribution in [3.05, 3.63) is 59.7 Å². The Morgan fingerprint density at radius 2 is 1.71 bits per heavy atom. The third-order valence-electron chi connectivity index (χ3n) is 3.36. The van der Waals surface area contributed by atoms with Crippen LogP contribution in [0.5, 0.6) is 0 Å². The van der Waals surface area contributed by atoms with Gasteiger partial charge in [0.2, 0.25) is 10.0 Å². The van der Waals surface area contributed by atoms with Crippen molar-refractivity contribution >= 4 is 15.7 Å². The van der Waals surface area contributed by atoms with Gasteiger partial charge in [-0.05, 0) is 35.9 Å². The summed E-state index contributed by atoms with van der Waals surface area (Å²) in [6.07, 6.45) is -4.41. The number of nitrogens with one attached hydrogen (secondary N) is 1. The van der Waals surface area contributed by atoms with Crippen LogP contribution in [0.2, 0.25) is 0 Å². The minimum atomic E-state index is -4.41. The summed E-state index contributed by atoms with van der Waals surface area (Å²) in [6.45, 7) is 0.206. The van der Waals surface area contributed by atoms with Crippen LogP contribution in [-0.2, 0) is 22.7 Å². The molecule has 0 unspecified atom stereocenters. The standard InChI is InChI=1S/C16H17F3N2O2S/c1-21(2)24(22,23)15-8-3-5-12(9-15)11-20-14-7-4-6-13(10-14)16(17,18)19/h3-10,20H,11H2,1-2H3. The van der Waals surface area contributed by atoms with E-state index < -0.39 is 21.8 Å². The molecule has 2 aromatic rings. The van der Waals surface area contributed by atoms with E-state index in [0.29, 0.717) is 11.3 Å². The fraction of sp³-hybridized carbons (Fsp3) is 0.250. The second-order valence-corrected chi connectivity index (χ2v) is 7.52. The fourth-order valence-corrected chi connectivity index (χ4v) is 3.01. The first-order valence-electron chi connectivity index (χ1n) is 7.03. The molecule has 0 aliphatic carbocycles. The quantitative estimate of drug-likeness (QED) is 0.889. The van der Waals surface area contributed by atoms with Gasteiger partial charge in [0.1, 0.15) is 0 Å². The first-order valence-corrected chi connectivity index (χ1v) is 8.47. The van der Waals surface area contributed by atoms with Gasteiger partial charge in [-0.25, -0.2) is 12.7 Å². The summed E-state index contributed by atoms with van der Waals surface area (Å²) in [6, 6.07) is 11.1. The second-order valence-electron chi connectivity index (χ2n) is 5.37. The smallest absolute Gasteiger partial charge is 0.381 e.